The number of thioether (sulfide) groups is 1. The van der Waals surface area contributed by atoms with Crippen LogP contribution in [0.5, 0.6) is 0 Å². The van der Waals surface area contributed by atoms with Crippen LogP contribution in [0.15, 0.2) is 48.5 Å². The van der Waals surface area contributed by atoms with Crippen molar-refractivity contribution in [2.75, 3.05) is 12.9 Å². The summed E-state index contributed by atoms with van der Waals surface area (Å²) >= 11 is 1.86. The van der Waals surface area contributed by atoms with E-state index >= 15 is 0 Å². The van der Waals surface area contributed by atoms with E-state index in [4.69, 9.17) is 4.74 Å². The summed E-state index contributed by atoms with van der Waals surface area (Å²) in [5, 5.41) is 10.8. The molecule has 2 aromatic rings. The van der Waals surface area contributed by atoms with Gasteiger partial charge in [0.15, 0.2) is 0 Å². The number of ether oxygens (including phenoxy) is 1. The fraction of sp³-hybridized carbons (Fsp3) is 0.462. The third kappa shape index (κ3) is 6.44. The number of aliphatic hydroxyl groups is 1. The molecule has 1 saturated carbocycles. The second-order valence-electron chi connectivity index (χ2n) is 9.10. The molecule has 0 spiro atoms. The van der Waals surface area contributed by atoms with E-state index in [0.29, 0.717) is 12.0 Å². The third-order valence-corrected chi connectivity index (χ3v) is 7.76. The Hall–Kier alpha value is -2.11. The maximum Gasteiger partial charge on any atom is 0.306 e. The van der Waals surface area contributed by atoms with Gasteiger partial charge in [0.1, 0.15) is 6.29 Å². The van der Waals surface area contributed by atoms with E-state index in [1.165, 1.54) is 7.11 Å². The molecule has 0 heterocycles. The van der Waals surface area contributed by atoms with Crippen LogP contribution < -0.4 is 0 Å². The summed E-state index contributed by atoms with van der Waals surface area (Å²) < 4.78 is 4.89. The van der Waals surface area contributed by atoms with Crippen molar-refractivity contribution in [1.82, 2.24) is 0 Å². The van der Waals surface area contributed by atoms with Crippen LogP contribution in [0.2, 0.25) is 0 Å². The van der Waals surface area contributed by atoms with Gasteiger partial charge in [-0.05, 0) is 67.7 Å². The van der Waals surface area contributed by atoms with Crippen molar-refractivity contribution in [2.24, 2.45) is 5.41 Å². The van der Waals surface area contributed by atoms with E-state index < -0.39 is 5.60 Å². The number of benzene rings is 2. The first-order chi connectivity index (χ1) is 14.8. The summed E-state index contributed by atoms with van der Waals surface area (Å²) in [5.74, 6) is 0.752. The number of hydrogen-bond acceptors (Lipinski definition) is 5. The second kappa shape index (κ2) is 10.0. The van der Waals surface area contributed by atoms with Gasteiger partial charge < -0.3 is 9.84 Å². The molecule has 166 valence electrons. The quantitative estimate of drug-likeness (QED) is 0.370. The fourth-order valence-electron chi connectivity index (χ4n) is 4.01. The summed E-state index contributed by atoms with van der Waals surface area (Å²) in [5.41, 5.74) is 3.05. The van der Waals surface area contributed by atoms with E-state index in [-0.39, 0.29) is 16.6 Å². The lowest BCUT2D eigenvalue weighted by Gasteiger charge is -2.24. The second-order valence-corrected chi connectivity index (χ2v) is 10.3. The molecule has 1 aliphatic carbocycles. The molecule has 0 bridgehead atoms. The standard InChI is InChI=1S/C26H32O4S/c1-25(2,29)22-10-5-4-8-20(22)11-12-23(21-9-6-7-19(15-21)17-27)31-18-26(13-14-26)16-24(28)30-3/h4-10,15,17,23,29H,11-14,16,18H2,1-3H3. The molecule has 0 radical (unpaired) electrons. The molecule has 31 heavy (non-hydrogen) atoms. The highest BCUT2D eigenvalue weighted by atomic mass is 32.2. The molecule has 2 aromatic carbocycles. The summed E-state index contributed by atoms with van der Waals surface area (Å²) in [6.07, 6.45) is 5.17. The fourth-order valence-corrected chi connectivity index (χ4v) is 5.57. The van der Waals surface area contributed by atoms with Gasteiger partial charge in [-0.1, -0.05) is 42.5 Å². The minimum atomic E-state index is -0.894. The number of aryl methyl sites for hydroxylation is 1. The van der Waals surface area contributed by atoms with Crippen LogP contribution in [0.25, 0.3) is 0 Å². The van der Waals surface area contributed by atoms with Gasteiger partial charge in [0, 0.05) is 16.6 Å². The molecule has 1 N–H and O–H groups in total. The molecular formula is C26H32O4S. The molecular weight excluding hydrogens is 408 g/mol. The minimum Gasteiger partial charge on any atom is -0.469 e. The van der Waals surface area contributed by atoms with Crippen molar-refractivity contribution in [3.8, 4) is 0 Å². The molecule has 0 aromatic heterocycles. The average Bonchev–Trinajstić information content (AvgIpc) is 3.52. The van der Waals surface area contributed by atoms with Crippen LogP contribution in [0, 0.1) is 5.41 Å². The van der Waals surface area contributed by atoms with Crippen LogP contribution in [-0.4, -0.2) is 30.2 Å². The molecule has 0 amide bonds. The van der Waals surface area contributed by atoms with Crippen molar-refractivity contribution in [3.63, 3.8) is 0 Å². The first-order valence-electron chi connectivity index (χ1n) is 10.8. The predicted octanol–water partition coefficient (Wildman–Crippen LogP) is 5.48. The van der Waals surface area contributed by atoms with Crippen LogP contribution in [-0.2, 0) is 21.6 Å². The SMILES string of the molecule is COC(=O)CC1(CSC(CCc2ccccc2C(C)(C)O)c2cccc(C=O)c2)CC1. The highest BCUT2D eigenvalue weighted by Gasteiger charge is 2.45. The van der Waals surface area contributed by atoms with E-state index in [9.17, 15) is 14.7 Å². The molecule has 1 fully saturated rings. The number of esters is 1. The summed E-state index contributed by atoms with van der Waals surface area (Å²) in [6.45, 7) is 3.63. The third-order valence-electron chi connectivity index (χ3n) is 6.07. The summed E-state index contributed by atoms with van der Waals surface area (Å²) in [6, 6.07) is 15.8. The molecule has 0 aliphatic heterocycles. The molecule has 5 heteroatoms. The Morgan fingerprint density at radius 1 is 1.23 bits per heavy atom. The number of aldehydes is 1. The molecule has 1 unspecified atom stereocenters. The van der Waals surface area contributed by atoms with E-state index in [1.54, 1.807) is 0 Å². The number of hydrogen-bond donors (Lipinski definition) is 1. The lowest BCUT2D eigenvalue weighted by molar-refractivity contribution is -0.141. The molecule has 1 aliphatic rings. The lowest BCUT2D eigenvalue weighted by Crippen LogP contribution is -2.18. The van der Waals surface area contributed by atoms with Gasteiger partial charge >= 0.3 is 5.97 Å². The Labute approximate surface area is 189 Å². The van der Waals surface area contributed by atoms with Gasteiger partial charge in [0.05, 0.1) is 19.1 Å². The summed E-state index contributed by atoms with van der Waals surface area (Å²) in [4.78, 5) is 23.1. The average molecular weight is 441 g/mol. The minimum absolute atomic E-state index is 0.0449. The predicted molar refractivity (Wildman–Crippen MR) is 125 cm³/mol. The van der Waals surface area contributed by atoms with Crippen molar-refractivity contribution in [2.45, 2.75) is 56.8 Å². The Kier molecular flexibility index (Phi) is 7.60. The summed E-state index contributed by atoms with van der Waals surface area (Å²) in [7, 11) is 1.44. The topological polar surface area (TPSA) is 63.6 Å². The van der Waals surface area contributed by atoms with Gasteiger partial charge in [-0.2, -0.15) is 11.8 Å². The first-order valence-corrected chi connectivity index (χ1v) is 11.9. The Morgan fingerprint density at radius 3 is 2.61 bits per heavy atom. The normalized spacial score (nSPS) is 15.9. The van der Waals surface area contributed by atoms with E-state index in [0.717, 1.165) is 54.4 Å². The highest BCUT2D eigenvalue weighted by Crippen LogP contribution is 2.53. The zero-order valence-electron chi connectivity index (χ0n) is 18.6. The smallest absolute Gasteiger partial charge is 0.306 e. The van der Waals surface area contributed by atoms with Crippen LogP contribution in [0.1, 0.15) is 71.8 Å². The zero-order valence-corrected chi connectivity index (χ0v) is 19.4. The van der Waals surface area contributed by atoms with E-state index in [1.807, 2.05) is 62.0 Å². The molecule has 0 saturated heterocycles. The van der Waals surface area contributed by atoms with E-state index in [2.05, 4.69) is 12.1 Å². The molecule has 3 rings (SSSR count). The van der Waals surface area contributed by atoms with Crippen molar-refractivity contribution in [1.29, 1.82) is 0 Å². The van der Waals surface area contributed by atoms with Crippen molar-refractivity contribution >= 4 is 24.0 Å². The van der Waals surface area contributed by atoms with Crippen molar-refractivity contribution < 1.29 is 19.4 Å². The Bertz CT molecular complexity index is 912. The maximum atomic E-state index is 11.8. The Balaban J connectivity index is 1.77. The van der Waals surface area contributed by atoms with Crippen molar-refractivity contribution in [3.05, 3.63) is 70.8 Å². The van der Waals surface area contributed by atoms with Gasteiger partial charge in [0.25, 0.3) is 0 Å². The number of carbonyl (C=O) groups excluding carboxylic acids is 2. The highest BCUT2D eigenvalue weighted by molar-refractivity contribution is 7.99. The Morgan fingerprint density at radius 2 is 1.97 bits per heavy atom. The van der Waals surface area contributed by atoms with Gasteiger partial charge in [0.2, 0.25) is 0 Å². The lowest BCUT2D eigenvalue weighted by atomic mass is 9.90. The van der Waals surface area contributed by atoms with Gasteiger partial charge in [-0.15, -0.1) is 0 Å². The molecule has 1 atom stereocenters. The first kappa shape index (κ1) is 23.6. The number of carbonyl (C=O) groups is 2. The molecule has 4 nitrogen and oxygen atoms in total. The number of methoxy groups -OCH3 is 1. The van der Waals surface area contributed by atoms with Gasteiger partial charge in [-0.3, -0.25) is 9.59 Å². The largest absolute Gasteiger partial charge is 0.469 e. The zero-order chi connectivity index (χ0) is 22.5. The van der Waals surface area contributed by atoms with Gasteiger partial charge in [-0.25, -0.2) is 0 Å². The van der Waals surface area contributed by atoms with Crippen LogP contribution in [0.3, 0.4) is 0 Å². The van der Waals surface area contributed by atoms with Crippen LogP contribution in [0.4, 0.5) is 0 Å². The number of rotatable bonds is 11. The van der Waals surface area contributed by atoms with Crippen LogP contribution >= 0.6 is 11.8 Å². The monoisotopic (exact) mass is 440 g/mol. The maximum absolute atomic E-state index is 11.8.